The molecule has 5 nitrogen and oxygen atoms in total. The van der Waals surface area contributed by atoms with Gasteiger partial charge in [0.05, 0.1) is 0 Å². The number of nitro groups is 1. The third-order valence-electron chi connectivity index (χ3n) is 2.72. The summed E-state index contributed by atoms with van der Waals surface area (Å²) in [7, 11) is 0. The van der Waals surface area contributed by atoms with E-state index in [2.05, 4.69) is 20.9 Å². The molecule has 2 rings (SSSR count). The van der Waals surface area contributed by atoms with Gasteiger partial charge >= 0.3 is 5.82 Å². The first kappa shape index (κ1) is 12.8. The highest BCUT2D eigenvalue weighted by Gasteiger charge is 2.22. The molecule has 0 aliphatic heterocycles. The summed E-state index contributed by atoms with van der Waals surface area (Å²) in [5, 5.41) is 10.8. The van der Waals surface area contributed by atoms with Gasteiger partial charge in [0.1, 0.15) is 0 Å². The fourth-order valence-corrected chi connectivity index (χ4v) is 2.45. The van der Waals surface area contributed by atoms with Gasteiger partial charge in [-0.25, -0.2) is 0 Å². The molecule has 1 aromatic carbocycles. The van der Waals surface area contributed by atoms with Crippen LogP contribution in [-0.4, -0.2) is 14.5 Å². The van der Waals surface area contributed by atoms with E-state index in [1.807, 2.05) is 34.9 Å². The van der Waals surface area contributed by atoms with E-state index >= 15 is 0 Å². The van der Waals surface area contributed by atoms with Gasteiger partial charge in [-0.15, -0.1) is 0 Å². The Kier molecular flexibility index (Phi) is 3.76. The SMILES string of the molecule is Cc1nc([N+](=O)[O-])c(Br)n1CCc1ccccc1. The van der Waals surface area contributed by atoms with Crippen LogP contribution in [0.3, 0.4) is 0 Å². The topological polar surface area (TPSA) is 61.0 Å². The lowest BCUT2D eigenvalue weighted by atomic mass is 10.1. The van der Waals surface area contributed by atoms with Crippen molar-refractivity contribution >= 4 is 21.7 Å². The number of benzene rings is 1. The third-order valence-corrected chi connectivity index (χ3v) is 3.50. The van der Waals surface area contributed by atoms with Crippen molar-refractivity contribution in [2.75, 3.05) is 0 Å². The van der Waals surface area contributed by atoms with Crippen LogP contribution in [0.15, 0.2) is 34.9 Å². The number of rotatable bonds is 4. The van der Waals surface area contributed by atoms with Gasteiger partial charge in [-0.2, -0.15) is 0 Å². The van der Waals surface area contributed by atoms with Crippen LogP contribution in [0, 0.1) is 17.0 Å². The first-order valence-electron chi connectivity index (χ1n) is 5.50. The first-order chi connectivity index (χ1) is 8.59. The summed E-state index contributed by atoms with van der Waals surface area (Å²) in [6.07, 6.45) is 0.813. The van der Waals surface area contributed by atoms with E-state index in [0.717, 1.165) is 6.42 Å². The fraction of sp³-hybridized carbons (Fsp3) is 0.250. The van der Waals surface area contributed by atoms with Gasteiger partial charge in [-0.05, 0) is 37.8 Å². The first-order valence-corrected chi connectivity index (χ1v) is 6.30. The Labute approximate surface area is 113 Å². The molecule has 18 heavy (non-hydrogen) atoms. The molecule has 0 unspecified atom stereocenters. The number of aryl methyl sites for hydroxylation is 2. The lowest BCUT2D eigenvalue weighted by Crippen LogP contribution is -2.04. The highest BCUT2D eigenvalue weighted by molar-refractivity contribution is 9.10. The van der Waals surface area contributed by atoms with Gasteiger partial charge in [0.15, 0.2) is 4.60 Å². The normalized spacial score (nSPS) is 10.6. The molecular weight excluding hydrogens is 298 g/mol. The summed E-state index contributed by atoms with van der Waals surface area (Å²) >= 11 is 3.24. The van der Waals surface area contributed by atoms with Crippen LogP contribution in [0.4, 0.5) is 5.82 Å². The number of aromatic nitrogens is 2. The van der Waals surface area contributed by atoms with E-state index in [-0.39, 0.29) is 5.82 Å². The summed E-state index contributed by atoms with van der Waals surface area (Å²) < 4.78 is 2.24. The molecule has 0 fully saturated rings. The maximum atomic E-state index is 10.8. The number of imidazole rings is 1. The zero-order valence-corrected chi connectivity index (χ0v) is 11.4. The van der Waals surface area contributed by atoms with Crippen LogP contribution in [0.25, 0.3) is 0 Å². The minimum Gasteiger partial charge on any atom is -0.358 e. The van der Waals surface area contributed by atoms with Crippen molar-refractivity contribution in [2.45, 2.75) is 19.9 Å². The smallest absolute Gasteiger partial charge is 0.358 e. The van der Waals surface area contributed by atoms with Gasteiger partial charge < -0.3 is 10.1 Å². The fourth-order valence-electron chi connectivity index (χ4n) is 1.78. The Bertz CT molecular complexity index is 566. The quantitative estimate of drug-likeness (QED) is 0.644. The Morgan fingerprint density at radius 2 is 2.06 bits per heavy atom. The van der Waals surface area contributed by atoms with Crippen molar-refractivity contribution in [3.05, 3.63) is 56.4 Å². The third kappa shape index (κ3) is 2.59. The average Bonchev–Trinajstić information content (AvgIpc) is 2.64. The summed E-state index contributed by atoms with van der Waals surface area (Å²) in [5.74, 6) is 0.519. The lowest BCUT2D eigenvalue weighted by Gasteiger charge is -2.04. The monoisotopic (exact) mass is 309 g/mol. The Morgan fingerprint density at radius 1 is 1.39 bits per heavy atom. The van der Waals surface area contributed by atoms with Crippen molar-refractivity contribution in [1.29, 1.82) is 0 Å². The number of hydrogen-bond donors (Lipinski definition) is 0. The van der Waals surface area contributed by atoms with Gasteiger partial charge in [-0.3, -0.25) is 4.57 Å². The molecule has 1 heterocycles. The largest absolute Gasteiger partial charge is 0.396 e. The van der Waals surface area contributed by atoms with E-state index < -0.39 is 4.92 Å². The number of hydrogen-bond acceptors (Lipinski definition) is 3. The minimum atomic E-state index is -0.476. The van der Waals surface area contributed by atoms with E-state index in [9.17, 15) is 10.1 Å². The number of nitrogens with zero attached hydrogens (tertiary/aromatic N) is 3. The van der Waals surface area contributed by atoms with Crippen LogP contribution in [0.5, 0.6) is 0 Å². The second-order valence-electron chi connectivity index (χ2n) is 3.92. The van der Waals surface area contributed by atoms with Gasteiger partial charge in [-0.1, -0.05) is 30.3 Å². The van der Waals surface area contributed by atoms with Gasteiger partial charge in [0.25, 0.3) is 0 Å². The molecule has 0 aliphatic carbocycles. The van der Waals surface area contributed by atoms with Crippen LogP contribution in [0.1, 0.15) is 11.4 Å². The molecule has 1 aromatic heterocycles. The predicted octanol–water partition coefficient (Wildman–Crippen LogP) is 3.10. The maximum absolute atomic E-state index is 10.8. The van der Waals surface area contributed by atoms with E-state index in [1.54, 1.807) is 6.92 Å². The second kappa shape index (κ2) is 5.30. The molecule has 0 bridgehead atoms. The molecule has 0 aliphatic rings. The summed E-state index contributed by atoms with van der Waals surface area (Å²) in [6.45, 7) is 2.43. The van der Waals surface area contributed by atoms with Crippen LogP contribution >= 0.6 is 15.9 Å². The Hall–Kier alpha value is -1.69. The molecule has 6 heteroatoms. The second-order valence-corrected chi connectivity index (χ2v) is 4.67. The molecular formula is C12H12BrN3O2. The number of halogens is 1. The maximum Gasteiger partial charge on any atom is 0.396 e. The molecule has 2 aromatic rings. The average molecular weight is 310 g/mol. The molecule has 0 spiro atoms. The van der Waals surface area contributed by atoms with Crippen molar-refractivity contribution < 1.29 is 4.92 Å². The van der Waals surface area contributed by atoms with E-state index in [1.165, 1.54) is 5.56 Å². The van der Waals surface area contributed by atoms with Crippen LogP contribution < -0.4 is 0 Å². The summed E-state index contributed by atoms with van der Waals surface area (Å²) in [4.78, 5) is 14.2. The Morgan fingerprint density at radius 3 is 2.61 bits per heavy atom. The molecule has 0 N–H and O–H groups in total. The van der Waals surface area contributed by atoms with Crippen molar-refractivity contribution in [3.63, 3.8) is 0 Å². The minimum absolute atomic E-state index is 0.124. The highest BCUT2D eigenvalue weighted by Crippen LogP contribution is 2.25. The molecule has 0 amide bonds. The van der Waals surface area contributed by atoms with Gasteiger partial charge in [0.2, 0.25) is 5.82 Å². The van der Waals surface area contributed by atoms with E-state index in [0.29, 0.717) is 17.0 Å². The Balaban J connectivity index is 2.17. The van der Waals surface area contributed by atoms with Gasteiger partial charge in [0, 0.05) is 13.5 Å². The standard InChI is InChI=1S/C12H12BrN3O2/c1-9-14-12(16(17)18)11(13)15(9)8-7-10-5-3-2-4-6-10/h2-6H,7-8H2,1H3. The highest BCUT2D eigenvalue weighted by atomic mass is 79.9. The van der Waals surface area contributed by atoms with Crippen molar-refractivity contribution in [1.82, 2.24) is 9.55 Å². The van der Waals surface area contributed by atoms with Crippen LogP contribution in [0.2, 0.25) is 0 Å². The van der Waals surface area contributed by atoms with Crippen molar-refractivity contribution in [2.24, 2.45) is 0 Å². The molecule has 0 radical (unpaired) electrons. The summed E-state index contributed by atoms with van der Waals surface area (Å²) in [5.41, 5.74) is 1.19. The predicted molar refractivity (Wildman–Crippen MR) is 71.5 cm³/mol. The van der Waals surface area contributed by atoms with Crippen LogP contribution in [-0.2, 0) is 13.0 Å². The lowest BCUT2D eigenvalue weighted by molar-refractivity contribution is -0.390. The van der Waals surface area contributed by atoms with Crippen molar-refractivity contribution in [3.8, 4) is 0 Å². The molecule has 0 saturated heterocycles. The molecule has 0 saturated carbocycles. The molecule has 0 atom stereocenters. The zero-order valence-electron chi connectivity index (χ0n) is 9.84. The summed E-state index contributed by atoms with van der Waals surface area (Å²) in [6, 6.07) is 10.00. The zero-order chi connectivity index (χ0) is 13.1. The molecule has 94 valence electrons. The van der Waals surface area contributed by atoms with E-state index in [4.69, 9.17) is 0 Å².